The predicted molar refractivity (Wildman–Crippen MR) is 108 cm³/mol. The maximum absolute atomic E-state index is 3.82. The highest BCUT2D eigenvalue weighted by Gasteiger charge is 1.96. The second-order valence-electron chi connectivity index (χ2n) is 5.99. The molecule has 0 bridgehead atoms. The molecule has 0 aliphatic rings. The molecule has 3 aromatic rings. The second kappa shape index (κ2) is 14.0. The average molecular weight is 343 g/mol. The minimum Gasteiger partial charge on any atom is -0.282 e. The summed E-state index contributed by atoms with van der Waals surface area (Å²) in [4.78, 5) is 0. The fraction of sp³-hybridized carbons (Fsp3) is 0.429. The molecular weight excluding hydrogens is 308 g/mol. The maximum Gasteiger partial charge on any atom is 0.0490 e. The van der Waals surface area contributed by atoms with Crippen molar-refractivity contribution in [3.63, 3.8) is 0 Å². The Bertz CT molecular complexity index is 558. The number of nitrogens with zero attached hydrogens (tertiary/aromatic N) is 2. The van der Waals surface area contributed by atoms with E-state index in [0.29, 0.717) is 11.8 Å². The molecule has 0 radical (unpaired) electrons. The van der Waals surface area contributed by atoms with Crippen LogP contribution in [0.15, 0.2) is 54.9 Å². The Hall–Kier alpha value is -2.36. The van der Waals surface area contributed by atoms with Gasteiger partial charge in [-0.1, -0.05) is 77.4 Å². The van der Waals surface area contributed by atoms with Gasteiger partial charge < -0.3 is 0 Å². The monoisotopic (exact) mass is 342 g/mol. The van der Waals surface area contributed by atoms with Crippen molar-refractivity contribution >= 4 is 0 Å². The highest BCUT2D eigenvalue weighted by molar-refractivity contribution is 5.11. The summed E-state index contributed by atoms with van der Waals surface area (Å²) >= 11 is 0. The first kappa shape index (κ1) is 22.6. The zero-order valence-electron chi connectivity index (χ0n) is 16.7. The highest BCUT2D eigenvalue weighted by atomic mass is 15.1. The van der Waals surface area contributed by atoms with Crippen LogP contribution in [-0.4, -0.2) is 20.4 Å². The lowest BCUT2D eigenvalue weighted by atomic mass is 10.1. The van der Waals surface area contributed by atoms with Crippen molar-refractivity contribution in [3.05, 3.63) is 71.8 Å². The summed E-state index contributed by atoms with van der Waals surface area (Å²) in [6.07, 6.45) is 3.55. The lowest BCUT2D eigenvalue weighted by molar-refractivity contribution is 0.810. The quantitative estimate of drug-likeness (QED) is 0.592. The van der Waals surface area contributed by atoms with Gasteiger partial charge in [0.1, 0.15) is 0 Å². The molecule has 0 aliphatic carbocycles. The molecule has 138 valence electrons. The lowest BCUT2D eigenvalue weighted by Crippen LogP contribution is -1.85. The van der Waals surface area contributed by atoms with Crippen molar-refractivity contribution in [3.8, 4) is 0 Å². The summed E-state index contributed by atoms with van der Waals surface area (Å²) in [7, 11) is 0. The van der Waals surface area contributed by atoms with Crippen LogP contribution in [0.3, 0.4) is 0 Å². The van der Waals surface area contributed by atoms with E-state index in [4.69, 9.17) is 0 Å². The Morgan fingerprint density at radius 2 is 1.08 bits per heavy atom. The fourth-order valence-electron chi connectivity index (χ4n) is 1.71. The van der Waals surface area contributed by atoms with Gasteiger partial charge in [0, 0.05) is 23.8 Å². The van der Waals surface area contributed by atoms with Crippen molar-refractivity contribution in [1.82, 2.24) is 20.4 Å². The fourth-order valence-corrected chi connectivity index (χ4v) is 1.71. The van der Waals surface area contributed by atoms with Crippen LogP contribution in [0.5, 0.6) is 0 Å². The first-order chi connectivity index (χ1) is 12.0. The smallest absolute Gasteiger partial charge is 0.0490 e. The molecule has 0 unspecified atom stereocenters. The molecule has 0 saturated heterocycles. The van der Waals surface area contributed by atoms with Gasteiger partial charge in [0.25, 0.3) is 0 Å². The van der Waals surface area contributed by atoms with Gasteiger partial charge in [0.05, 0.1) is 0 Å². The molecule has 0 spiro atoms. The largest absolute Gasteiger partial charge is 0.282 e. The van der Waals surface area contributed by atoms with Gasteiger partial charge in [-0.3, -0.25) is 10.2 Å². The van der Waals surface area contributed by atoms with Gasteiger partial charge in [0.2, 0.25) is 0 Å². The molecule has 25 heavy (non-hydrogen) atoms. The second-order valence-corrected chi connectivity index (χ2v) is 5.99. The van der Waals surface area contributed by atoms with Crippen LogP contribution in [-0.2, 0) is 0 Å². The summed E-state index contributed by atoms with van der Waals surface area (Å²) in [5.41, 5.74) is 3.72. The van der Waals surface area contributed by atoms with Crippen LogP contribution in [0, 0.1) is 6.92 Å². The van der Waals surface area contributed by atoms with Crippen LogP contribution >= 0.6 is 0 Å². The van der Waals surface area contributed by atoms with Crippen molar-refractivity contribution in [2.24, 2.45) is 0 Å². The summed E-state index contributed by atoms with van der Waals surface area (Å²) < 4.78 is 0. The SMILES string of the molecule is CC.CC(C)c1ccn[nH]1.CC(C)c1ccn[nH]1.Cc1ccccc1. The molecule has 4 heteroatoms. The van der Waals surface area contributed by atoms with Gasteiger partial charge >= 0.3 is 0 Å². The lowest BCUT2D eigenvalue weighted by Gasteiger charge is -1.95. The number of aryl methyl sites for hydroxylation is 1. The van der Waals surface area contributed by atoms with E-state index in [-0.39, 0.29) is 0 Å². The Labute approximate surface area is 153 Å². The molecule has 1 aromatic carbocycles. The zero-order chi connectivity index (χ0) is 19.1. The molecule has 0 amide bonds. The molecule has 0 fully saturated rings. The van der Waals surface area contributed by atoms with E-state index in [9.17, 15) is 0 Å². The standard InChI is InChI=1S/C7H8.2C6H10N2.C2H6/c1-7-5-3-2-4-6-7;2*1-5(2)6-3-4-7-8-6;1-2/h2-6H,1H3;2*3-5H,1-2H3,(H,7,8);1-2H3. The average Bonchev–Trinajstić information content (AvgIpc) is 3.32. The van der Waals surface area contributed by atoms with Gasteiger partial charge in [-0.15, -0.1) is 0 Å². The van der Waals surface area contributed by atoms with Crippen molar-refractivity contribution in [2.45, 2.75) is 60.3 Å². The summed E-state index contributed by atoms with van der Waals surface area (Å²) in [5, 5.41) is 13.4. The third-order valence-electron chi connectivity index (χ3n) is 3.23. The molecule has 4 nitrogen and oxygen atoms in total. The Morgan fingerprint density at radius 1 is 0.680 bits per heavy atom. The third kappa shape index (κ3) is 10.9. The summed E-state index contributed by atoms with van der Waals surface area (Å²) in [6, 6.07) is 14.2. The minimum atomic E-state index is 0.567. The minimum absolute atomic E-state index is 0.567. The first-order valence-corrected chi connectivity index (χ1v) is 9.01. The van der Waals surface area contributed by atoms with Crippen LogP contribution in [0.1, 0.15) is 70.3 Å². The highest BCUT2D eigenvalue weighted by Crippen LogP contribution is 2.08. The topological polar surface area (TPSA) is 57.4 Å². The van der Waals surface area contributed by atoms with Crippen molar-refractivity contribution in [2.75, 3.05) is 0 Å². The third-order valence-corrected chi connectivity index (χ3v) is 3.23. The Kier molecular flexibility index (Phi) is 12.7. The van der Waals surface area contributed by atoms with Crippen molar-refractivity contribution in [1.29, 1.82) is 0 Å². The molecule has 2 N–H and O–H groups in total. The van der Waals surface area contributed by atoms with E-state index in [1.54, 1.807) is 12.4 Å². The van der Waals surface area contributed by atoms with Crippen LogP contribution in [0.2, 0.25) is 0 Å². The molecule has 0 atom stereocenters. The number of aromatic amines is 2. The number of benzene rings is 1. The molecule has 0 saturated carbocycles. The van der Waals surface area contributed by atoms with Crippen LogP contribution < -0.4 is 0 Å². The van der Waals surface area contributed by atoms with Crippen LogP contribution in [0.25, 0.3) is 0 Å². The number of hydrogen-bond acceptors (Lipinski definition) is 2. The Morgan fingerprint density at radius 3 is 1.24 bits per heavy atom. The maximum atomic E-state index is 3.82. The first-order valence-electron chi connectivity index (χ1n) is 9.01. The number of H-pyrrole nitrogens is 2. The van der Waals surface area contributed by atoms with Gasteiger partial charge in [-0.05, 0) is 30.9 Å². The van der Waals surface area contributed by atoms with E-state index < -0.39 is 0 Å². The van der Waals surface area contributed by atoms with E-state index >= 15 is 0 Å². The van der Waals surface area contributed by atoms with E-state index in [1.807, 2.05) is 44.2 Å². The van der Waals surface area contributed by atoms with Crippen LogP contribution in [0.4, 0.5) is 0 Å². The molecule has 3 rings (SSSR count). The van der Waals surface area contributed by atoms with Gasteiger partial charge in [-0.25, -0.2) is 0 Å². The normalized spacial score (nSPS) is 9.32. The zero-order valence-corrected chi connectivity index (χ0v) is 16.7. The molecular formula is C21H34N4. The van der Waals surface area contributed by atoms with Gasteiger partial charge in [0.15, 0.2) is 0 Å². The number of aromatic nitrogens is 4. The molecule has 0 aliphatic heterocycles. The number of rotatable bonds is 2. The van der Waals surface area contributed by atoms with Crippen molar-refractivity contribution < 1.29 is 0 Å². The van der Waals surface area contributed by atoms with E-state index in [2.05, 4.69) is 67.1 Å². The Balaban J connectivity index is 0.000000330. The van der Waals surface area contributed by atoms with E-state index in [1.165, 1.54) is 17.0 Å². The molecule has 2 aromatic heterocycles. The number of hydrogen-bond donors (Lipinski definition) is 2. The summed E-state index contributed by atoms with van der Waals surface area (Å²) in [6.45, 7) is 14.6. The molecule has 2 heterocycles. The summed E-state index contributed by atoms with van der Waals surface area (Å²) in [5.74, 6) is 1.13. The number of nitrogens with one attached hydrogen (secondary N) is 2. The predicted octanol–water partition coefficient (Wildman–Crippen LogP) is 6.09. The van der Waals surface area contributed by atoms with E-state index in [0.717, 1.165) is 0 Å². The van der Waals surface area contributed by atoms with Gasteiger partial charge in [-0.2, -0.15) is 10.2 Å².